The molecule has 2 aliphatic rings. The highest BCUT2D eigenvalue weighted by atomic mass is 32.1. The Kier molecular flexibility index (Phi) is 4.69. The molecule has 2 aliphatic heterocycles. The first-order chi connectivity index (χ1) is 13.1. The number of amides is 2. The number of rotatable bonds is 5. The summed E-state index contributed by atoms with van der Waals surface area (Å²) in [5.74, 6) is -1.55. The van der Waals surface area contributed by atoms with E-state index in [9.17, 15) is 14.4 Å². The van der Waals surface area contributed by atoms with Gasteiger partial charge < -0.3 is 19.2 Å². The molecule has 140 valence electrons. The first-order valence-electron chi connectivity index (χ1n) is 8.12. The summed E-state index contributed by atoms with van der Waals surface area (Å²) in [6.07, 6.45) is 0. The van der Waals surface area contributed by atoms with Crippen molar-refractivity contribution >= 4 is 35.3 Å². The molecule has 11 heteroatoms. The van der Waals surface area contributed by atoms with E-state index in [1.807, 2.05) is 4.90 Å². The standard InChI is InChI=1S/C16H14N4O6S/c21-12(26-20-15(22)10-3-1-2-4-11(10)16(20)23)9-25-14-13(17-27-18-14)19-5-7-24-8-6-19/h1-4H,5-9H2. The van der Waals surface area contributed by atoms with Crippen LogP contribution in [0.1, 0.15) is 20.7 Å². The molecular formula is C16H14N4O6S. The van der Waals surface area contributed by atoms with Gasteiger partial charge in [-0.25, -0.2) is 4.79 Å². The van der Waals surface area contributed by atoms with Gasteiger partial charge in [-0.05, 0) is 12.1 Å². The maximum atomic E-state index is 12.2. The van der Waals surface area contributed by atoms with Crippen LogP contribution in [0.25, 0.3) is 0 Å². The fourth-order valence-corrected chi connectivity index (χ4v) is 3.26. The Morgan fingerprint density at radius 3 is 2.44 bits per heavy atom. The smallest absolute Gasteiger partial charge is 0.370 e. The Hall–Kier alpha value is -3.05. The lowest BCUT2D eigenvalue weighted by atomic mass is 10.1. The van der Waals surface area contributed by atoms with Gasteiger partial charge in [0.05, 0.1) is 36.1 Å². The Bertz CT molecular complexity index is 860. The SMILES string of the molecule is O=C(COc1nsnc1N1CCOCC1)ON1C(=O)c2ccccc2C1=O. The van der Waals surface area contributed by atoms with Crippen LogP contribution in [0.3, 0.4) is 0 Å². The highest BCUT2D eigenvalue weighted by molar-refractivity contribution is 6.99. The number of hydrogen-bond acceptors (Lipinski definition) is 10. The van der Waals surface area contributed by atoms with Gasteiger partial charge in [0.2, 0.25) is 5.82 Å². The van der Waals surface area contributed by atoms with E-state index in [0.717, 1.165) is 11.7 Å². The average molecular weight is 390 g/mol. The summed E-state index contributed by atoms with van der Waals surface area (Å²) in [6.45, 7) is 1.90. The summed E-state index contributed by atoms with van der Waals surface area (Å²) < 4.78 is 18.9. The molecule has 0 radical (unpaired) electrons. The van der Waals surface area contributed by atoms with Crippen LogP contribution in [0.4, 0.5) is 5.82 Å². The molecule has 0 saturated carbocycles. The highest BCUT2D eigenvalue weighted by Crippen LogP contribution is 2.26. The molecule has 0 bridgehead atoms. The minimum atomic E-state index is -0.898. The van der Waals surface area contributed by atoms with Crippen LogP contribution in [0.5, 0.6) is 5.88 Å². The third-order valence-electron chi connectivity index (χ3n) is 4.03. The zero-order valence-electron chi connectivity index (χ0n) is 14.0. The van der Waals surface area contributed by atoms with E-state index >= 15 is 0 Å². The topological polar surface area (TPSA) is 111 Å². The number of carbonyl (C=O) groups is 3. The van der Waals surface area contributed by atoms with Crippen LogP contribution in [-0.2, 0) is 14.4 Å². The number of hydroxylamine groups is 2. The van der Waals surface area contributed by atoms with E-state index in [4.69, 9.17) is 14.3 Å². The number of imide groups is 1. The van der Waals surface area contributed by atoms with Crippen LogP contribution in [0, 0.1) is 0 Å². The molecule has 2 aromatic rings. The second kappa shape index (κ2) is 7.29. The largest absolute Gasteiger partial charge is 0.462 e. The number of aromatic nitrogens is 2. The Morgan fingerprint density at radius 2 is 1.78 bits per heavy atom. The van der Waals surface area contributed by atoms with Gasteiger partial charge in [0.15, 0.2) is 6.61 Å². The van der Waals surface area contributed by atoms with Crippen molar-refractivity contribution in [1.29, 1.82) is 0 Å². The van der Waals surface area contributed by atoms with E-state index in [1.54, 1.807) is 12.1 Å². The molecule has 1 fully saturated rings. The lowest BCUT2D eigenvalue weighted by Crippen LogP contribution is -2.37. The van der Waals surface area contributed by atoms with Crippen LogP contribution >= 0.6 is 11.7 Å². The molecule has 1 aromatic carbocycles. The maximum Gasteiger partial charge on any atom is 0.370 e. The lowest BCUT2D eigenvalue weighted by molar-refractivity contribution is -0.170. The number of nitrogens with zero attached hydrogens (tertiary/aromatic N) is 4. The molecule has 0 unspecified atom stereocenters. The number of benzene rings is 1. The van der Waals surface area contributed by atoms with Crippen molar-refractivity contribution in [2.24, 2.45) is 0 Å². The zero-order valence-corrected chi connectivity index (χ0v) is 14.8. The van der Waals surface area contributed by atoms with Crippen molar-refractivity contribution in [3.8, 4) is 5.88 Å². The molecule has 3 heterocycles. The molecule has 10 nitrogen and oxygen atoms in total. The average Bonchev–Trinajstić information content (AvgIpc) is 3.26. The van der Waals surface area contributed by atoms with Gasteiger partial charge >= 0.3 is 5.97 Å². The van der Waals surface area contributed by atoms with Crippen LogP contribution < -0.4 is 9.64 Å². The van der Waals surface area contributed by atoms with Crippen molar-refractivity contribution in [2.45, 2.75) is 0 Å². The monoisotopic (exact) mass is 390 g/mol. The Balaban J connectivity index is 1.37. The van der Waals surface area contributed by atoms with Crippen LogP contribution in [-0.4, -0.2) is 64.5 Å². The van der Waals surface area contributed by atoms with Gasteiger partial charge in [0.25, 0.3) is 17.7 Å². The van der Waals surface area contributed by atoms with Crippen LogP contribution in [0.2, 0.25) is 0 Å². The number of morpholine rings is 1. The summed E-state index contributed by atoms with van der Waals surface area (Å²) in [5, 5.41) is 0.443. The van der Waals surface area contributed by atoms with E-state index in [1.165, 1.54) is 12.1 Å². The fourth-order valence-electron chi connectivity index (χ4n) is 2.74. The second-order valence-electron chi connectivity index (χ2n) is 5.69. The van der Waals surface area contributed by atoms with E-state index in [0.29, 0.717) is 37.2 Å². The maximum absolute atomic E-state index is 12.2. The fraction of sp³-hybridized carbons (Fsp3) is 0.312. The molecule has 0 aliphatic carbocycles. The van der Waals surface area contributed by atoms with E-state index in [2.05, 4.69) is 8.75 Å². The first-order valence-corrected chi connectivity index (χ1v) is 8.85. The van der Waals surface area contributed by atoms with Gasteiger partial charge in [-0.15, -0.1) is 4.37 Å². The molecule has 2 amide bonds. The lowest BCUT2D eigenvalue weighted by Gasteiger charge is -2.26. The van der Waals surface area contributed by atoms with Crippen molar-refractivity contribution in [3.05, 3.63) is 35.4 Å². The van der Waals surface area contributed by atoms with Crippen molar-refractivity contribution in [1.82, 2.24) is 13.8 Å². The van der Waals surface area contributed by atoms with Gasteiger partial charge in [0.1, 0.15) is 0 Å². The van der Waals surface area contributed by atoms with E-state index in [-0.39, 0.29) is 17.0 Å². The number of fused-ring (bicyclic) bond motifs is 1. The van der Waals surface area contributed by atoms with Crippen molar-refractivity contribution in [2.75, 3.05) is 37.8 Å². The number of anilines is 1. The van der Waals surface area contributed by atoms with Gasteiger partial charge in [0, 0.05) is 13.1 Å². The summed E-state index contributed by atoms with van der Waals surface area (Å²) in [6, 6.07) is 6.24. The summed E-state index contributed by atoms with van der Waals surface area (Å²) in [4.78, 5) is 43.3. The number of hydrogen-bond donors (Lipinski definition) is 0. The molecule has 1 aromatic heterocycles. The molecule has 1 saturated heterocycles. The van der Waals surface area contributed by atoms with Crippen molar-refractivity contribution < 1.29 is 28.7 Å². The highest BCUT2D eigenvalue weighted by Gasteiger charge is 2.38. The summed E-state index contributed by atoms with van der Waals surface area (Å²) >= 11 is 0.959. The Morgan fingerprint density at radius 1 is 1.11 bits per heavy atom. The minimum Gasteiger partial charge on any atom is -0.462 e. The molecule has 0 N–H and O–H groups in total. The van der Waals surface area contributed by atoms with E-state index < -0.39 is 24.4 Å². The zero-order chi connectivity index (χ0) is 18.8. The third kappa shape index (κ3) is 3.34. The molecule has 0 spiro atoms. The molecular weight excluding hydrogens is 376 g/mol. The minimum absolute atomic E-state index is 0.189. The van der Waals surface area contributed by atoms with Crippen LogP contribution in [0.15, 0.2) is 24.3 Å². The second-order valence-corrected chi connectivity index (χ2v) is 6.22. The number of ether oxygens (including phenoxy) is 2. The molecule has 27 heavy (non-hydrogen) atoms. The normalized spacial score (nSPS) is 16.4. The predicted molar refractivity (Wildman–Crippen MR) is 91.5 cm³/mol. The van der Waals surface area contributed by atoms with Crippen molar-refractivity contribution in [3.63, 3.8) is 0 Å². The number of carbonyl (C=O) groups excluding carboxylic acids is 3. The quantitative estimate of drug-likeness (QED) is 0.674. The molecule has 0 atom stereocenters. The van der Waals surface area contributed by atoms with Gasteiger partial charge in [-0.3, -0.25) is 9.59 Å². The predicted octanol–water partition coefficient (Wildman–Crippen LogP) is 0.508. The first kappa shape index (κ1) is 17.4. The third-order valence-corrected chi connectivity index (χ3v) is 4.53. The molecule has 4 rings (SSSR count). The Labute approximate surface area is 157 Å². The summed E-state index contributed by atoms with van der Waals surface area (Å²) in [7, 11) is 0. The summed E-state index contributed by atoms with van der Waals surface area (Å²) in [5.41, 5.74) is 0.379. The van der Waals surface area contributed by atoms with Gasteiger partial charge in [-0.2, -0.15) is 4.37 Å². The van der Waals surface area contributed by atoms with Gasteiger partial charge in [-0.1, -0.05) is 17.2 Å².